The summed E-state index contributed by atoms with van der Waals surface area (Å²) < 4.78 is 0. The fraction of sp³-hybridized carbons (Fsp3) is 0.312. The van der Waals surface area contributed by atoms with Gasteiger partial charge in [0.25, 0.3) is 0 Å². The number of benzene rings is 1. The van der Waals surface area contributed by atoms with Crippen molar-refractivity contribution in [1.29, 1.82) is 0 Å². The van der Waals surface area contributed by atoms with E-state index in [0.717, 1.165) is 16.8 Å². The Labute approximate surface area is 133 Å². The van der Waals surface area contributed by atoms with E-state index in [4.69, 9.17) is 5.11 Å². The van der Waals surface area contributed by atoms with Crippen molar-refractivity contribution >= 4 is 29.3 Å². The van der Waals surface area contributed by atoms with Crippen molar-refractivity contribution in [3.05, 3.63) is 35.9 Å². The number of anilines is 1. The lowest BCUT2D eigenvalue weighted by Gasteiger charge is -2.27. The van der Waals surface area contributed by atoms with Gasteiger partial charge in [0.1, 0.15) is 0 Å². The van der Waals surface area contributed by atoms with Crippen LogP contribution in [-0.4, -0.2) is 47.7 Å². The van der Waals surface area contributed by atoms with Gasteiger partial charge in [-0.05, 0) is 29.7 Å². The van der Waals surface area contributed by atoms with E-state index in [1.807, 2.05) is 30.3 Å². The maximum atomic E-state index is 11.8. The van der Waals surface area contributed by atoms with E-state index >= 15 is 0 Å². The van der Waals surface area contributed by atoms with Crippen molar-refractivity contribution in [2.75, 3.05) is 24.5 Å². The summed E-state index contributed by atoms with van der Waals surface area (Å²) in [5, 5.41) is 11.2. The van der Waals surface area contributed by atoms with Crippen molar-refractivity contribution < 1.29 is 19.5 Å². The van der Waals surface area contributed by atoms with Crippen LogP contribution in [-0.2, 0) is 4.79 Å². The Hall–Kier alpha value is -2.83. The molecule has 0 bridgehead atoms. The van der Waals surface area contributed by atoms with E-state index in [-0.39, 0.29) is 5.91 Å². The topological polar surface area (TPSA) is 90.0 Å². The maximum absolute atomic E-state index is 11.8. The van der Waals surface area contributed by atoms with Crippen molar-refractivity contribution in [2.24, 2.45) is 0 Å². The lowest BCUT2D eigenvalue weighted by atomic mass is 9.99. The van der Waals surface area contributed by atoms with Gasteiger partial charge in [0.15, 0.2) is 0 Å². The molecule has 2 heterocycles. The summed E-state index contributed by atoms with van der Waals surface area (Å²) in [6.07, 6.45) is 1.98. The van der Waals surface area contributed by atoms with Crippen molar-refractivity contribution in [3.63, 3.8) is 0 Å². The number of nitrogens with one attached hydrogen (secondary N) is 1. The third kappa shape index (κ3) is 3.18. The summed E-state index contributed by atoms with van der Waals surface area (Å²) in [4.78, 5) is 36.8. The van der Waals surface area contributed by atoms with Crippen LogP contribution in [0.5, 0.6) is 0 Å². The summed E-state index contributed by atoms with van der Waals surface area (Å²) in [5.41, 5.74) is 2.86. The van der Waals surface area contributed by atoms with E-state index < -0.39 is 12.1 Å². The number of carbonyl (C=O) groups excluding carboxylic acids is 2. The molecule has 23 heavy (non-hydrogen) atoms. The summed E-state index contributed by atoms with van der Waals surface area (Å²) in [5.74, 6) is -0.252. The Balaban J connectivity index is 1.72. The Bertz CT molecular complexity index is 681. The zero-order chi connectivity index (χ0) is 16.4. The van der Waals surface area contributed by atoms with Crippen LogP contribution in [0.2, 0.25) is 0 Å². The fourth-order valence-corrected chi connectivity index (χ4v) is 2.77. The molecule has 1 aromatic carbocycles. The van der Waals surface area contributed by atoms with Crippen LogP contribution in [0.3, 0.4) is 0 Å². The molecule has 0 aromatic heterocycles. The highest BCUT2D eigenvalue weighted by atomic mass is 16.4. The van der Waals surface area contributed by atoms with E-state index in [1.165, 1.54) is 9.80 Å². The average molecular weight is 315 g/mol. The quantitative estimate of drug-likeness (QED) is 0.872. The lowest BCUT2D eigenvalue weighted by Crippen LogP contribution is -2.49. The van der Waals surface area contributed by atoms with Crippen molar-refractivity contribution in [1.82, 2.24) is 10.2 Å². The molecule has 120 valence electrons. The first-order chi connectivity index (χ1) is 11.0. The number of carboxylic acid groups (broad SMARTS) is 1. The first-order valence-electron chi connectivity index (χ1n) is 7.43. The highest BCUT2D eigenvalue weighted by Crippen LogP contribution is 2.25. The third-order valence-corrected chi connectivity index (χ3v) is 4.08. The zero-order valence-electron chi connectivity index (χ0n) is 12.5. The van der Waals surface area contributed by atoms with Crippen LogP contribution in [0.1, 0.15) is 18.4 Å². The number of hydrogen-bond acceptors (Lipinski definition) is 3. The molecule has 1 aromatic rings. The third-order valence-electron chi connectivity index (χ3n) is 4.08. The molecule has 1 saturated heterocycles. The number of amides is 4. The molecule has 7 nitrogen and oxygen atoms in total. The Morgan fingerprint density at radius 2 is 1.83 bits per heavy atom. The molecular formula is C16H17N3O4. The first-order valence-corrected chi connectivity index (χ1v) is 7.43. The van der Waals surface area contributed by atoms with Gasteiger partial charge in [-0.15, -0.1) is 0 Å². The Morgan fingerprint density at radius 3 is 2.39 bits per heavy atom. The molecular weight excluding hydrogens is 298 g/mol. The minimum absolute atomic E-state index is 0.252. The van der Waals surface area contributed by atoms with E-state index in [2.05, 4.69) is 5.32 Å². The minimum Gasteiger partial charge on any atom is -0.465 e. The van der Waals surface area contributed by atoms with Gasteiger partial charge in [-0.1, -0.05) is 18.2 Å². The molecule has 0 radical (unpaired) electrons. The lowest BCUT2D eigenvalue weighted by molar-refractivity contribution is -0.120. The second-order valence-corrected chi connectivity index (χ2v) is 5.51. The normalized spacial score (nSPS) is 18.5. The summed E-state index contributed by atoms with van der Waals surface area (Å²) in [7, 11) is 0. The highest BCUT2D eigenvalue weighted by molar-refractivity contribution is 6.05. The highest BCUT2D eigenvalue weighted by Gasteiger charge is 2.24. The zero-order valence-corrected chi connectivity index (χ0v) is 12.5. The molecule has 2 aliphatic heterocycles. The van der Waals surface area contributed by atoms with Crippen LogP contribution < -0.4 is 10.2 Å². The molecule has 0 saturated carbocycles. The standard InChI is InChI=1S/C16H17N3O4/c20-14-7-10-19(15(21)17-14)13-3-1-11(2-4-13)12-5-8-18(9-6-12)16(22)23/h1-5H,6-10H2,(H,22,23)(H,17,20,21). The number of urea groups is 1. The van der Waals surface area contributed by atoms with E-state index in [9.17, 15) is 14.4 Å². The van der Waals surface area contributed by atoms with Gasteiger partial charge in [-0.3, -0.25) is 15.0 Å². The molecule has 3 rings (SSSR count). The minimum atomic E-state index is -0.902. The van der Waals surface area contributed by atoms with Gasteiger partial charge >= 0.3 is 12.1 Å². The van der Waals surface area contributed by atoms with E-state index in [0.29, 0.717) is 32.5 Å². The molecule has 2 aliphatic rings. The van der Waals surface area contributed by atoms with Crippen LogP contribution in [0, 0.1) is 0 Å². The smallest absolute Gasteiger partial charge is 0.407 e. The summed E-state index contributed by atoms with van der Waals surface area (Å²) in [6, 6.07) is 7.12. The first kappa shape index (κ1) is 15.1. The van der Waals surface area contributed by atoms with E-state index in [1.54, 1.807) is 0 Å². The van der Waals surface area contributed by atoms with Gasteiger partial charge in [0, 0.05) is 31.7 Å². The number of nitrogens with zero attached hydrogens (tertiary/aromatic N) is 2. The number of carbonyl (C=O) groups is 3. The van der Waals surface area contributed by atoms with Crippen molar-refractivity contribution in [3.8, 4) is 0 Å². The van der Waals surface area contributed by atoms with Gasteiger partial charge in [0.2, 0.25) is 5.91 Å². The molecule has 0 unspecified atom stereocenters. The average Bonchev–Trinajstić information content (AvgIpc) is 2.55. The molecule has 7 heteroatoms. The van der Waals surface area contributed by atoms with Crippen LogP contribution in [0.25, 0.3) is 5.57 Å². The van der Waals surface area contributed by atoms with Gasteiger partial charge in [-0.25, -0.2) is 9.59 Å². The Morgan fingerprint density at radius 1 is 1.09 bits per heavy atom. The monoisotopic (exact) mass is 315 g/mol. The molecule has 4 amide bonds. The summed E-state index contributed by atoms with van der Waals surface area (Å²) >= 11 is 0. The predicted molar refractivity (Wildman–Crippen MR) is 84.1 cm³/mol. The number of rotatable bonds is 2. The largest absolute Gasteiger partial charge is 0.465 e. The van der Waals surface area contributed by atoms with Gasteiger partial charge < -0.3 is 10.0 Å². The fourth-order valence-electron chi connectivity index (χ4n) is 2.77. The molecule has 0 spiro atoms. The maximum Gasteiger partial charge on any atom is 0.407 e. The molecule has 1 fully saturated rings. The number of hydrogen-bond donors (Lipinski definition) is 2. The second kappa shape index (κ2) is 6.12. The van der Waals surface area contributed by atoms with Crippen molar-refractivity contribution in [2.45, 2.75) is 12.8 Å². The van der Waals surface area contributed by atoms with Crippen LogP contribution in [0.4, 0.5) is 15.3 Å². The van der Waals surface area contributed by atoms with Gasteiger partial charge in [0.05, 0.1) is 0 Å². The molecule has 0 atom stereocenters. The van der Waals surface area contributed by atoms with Gasteiger partial charge in [-0.2, -0.15) is 0 Å². The van der Waals surface area contributed by atoms with Crippen LogP contribution >= 0.6 is 0 Å². The Kier molecular flexibility index (Phi) is 4.01. The predicted octanol–water partition coefficient (Wildman–Crippen LogP) is 1.90. The summed E-state index contributed by atoms with van der Waals surface area (Å²) in [6.45, 7) is 1.25. The molecule has 0 aliphatic carbocycles. The SMILES string of the molecule is O=C1CCN(c2ccc(C3=CCN(C(=O)O)CC3)cc2)C(=O)N1. The van der Waals surface area contributed by atoms with Crippen LogP contribution in [0.15, 0.2) is 30.3 Å². The number of imide groups is 1. The second-order valence-electron chi connectivity index (χ2n) is 5.51. The molecule has 2 N–H and O–H groups in total.